The van der Waals surface area contributed by atoms with Crippen LogP contribution in [0.4, 0.5) is 11.5 Å². The Morgan fingerprint density at radius 3 is 2.36 bits per heavy atom. The molecule has 2 heterocycles. The second-order valence-electron chi connectivity index (χ2n) is 5.97. The number of thiophene rings is 1. The zero-order chi connectivity index (χ0) is 17.4. The zero-order valence-corrected chi connectivity index (χ0v) is 14.8. The summed E-state index contributed by atoms with van der Waals surface area (Å²) in [6.07, 6.45) is 1.58. The van der Waals surface area contributed by atoms with Crippen molar-refractivity contribution in [3.05, 3.63) is 65.3 Å². The van der Waals surface area contributed by atoms with Crippen LogP contribution in [0.5, 0.6) is 5.75 Å². The number of phenolic OH excluding ortho intramolecular Hbond substituents is 1. The maximum atomic E-state index is 9.46. The van der Waals surface area contributed by atoms with Crippen LogP contribution in [-0.2, 0) is 0 Å². The minimum absolute atomic E-state index is 0.241. The number of aromatic hydroxyl groups is 1. The van der Waals surface area contributed by atoms with Crippen LogP contribution >= 0.6 is 11.3 Å². The maximum absolute atomic E-state index is 9.46. The highest BCUT2D eigenvalue weighted by atomic mass is 32.1. The summed E-state index contributed by atoms with van der Waals surface area (Å²) < 4.78 is 0. The highest BCUT2D eigenvalue weighted by molar-refractivity contribution is 7.19. The number of aromatic nitrogens is 2. The van der Waals surface area contributed by atoms with Crippen LogP contribution in [0.25, 0.3) is 21.3 Å². The lowest BCUT2D eigenvalue weighted by Gasteiger charge is -2.09. The van der Waals surface area contributed by atoms with Gasteiger partial charge in [-0.05, 0) is 43.7 Å². The van der Waals surface area contributed by atoms with Gasteiger partial charge < -0.3 is 10.4 Å². The molecule has 124 valence electrons. The summed E-state index contributed by atoms with van der Waals surface area (Å²) in [5, 5.41) is 13.8. The molecule has 0 fully saturated rings. The number of hydrogen-bond donors (Lipinski definition) is 2. The van der Waals surface area contributed by atoms with Gasteiger partial charge in [-0.25, -0.2) is 9.97 Å². The third-order valence-corrected chi connectivity index (χ3v) is 5.15. The van der Waals surface area contributed by atoms with Crippen LogP contribution in [-0.4, -0.2) is 15.1 Å². The molecule has 0 aliphatic carbocycles. The molecule has 4 aromatic rings. The summed E-state index contributed by atoms with van der Waals surface area (Å²) in [5.74, 6) is 1.01. The van der Waals surface area contributed by atoms with Crippen LogP contribution in [0, 0.1) is 13.8 Å². The molecule has 0 aliphatic rings. The third-order valence-electron chi connectivity index (χ3n) is 4.13. The second kappa shape index (κ2) is 6.18. The molecule has 0 atom stereocenters. The van der Waals surface area contributed by atoms with Gasteiger partial charge in [0.15, 0.2) is 0 Å². The van der Waals surface area contributed by atoms with Crippen LogP contribution in [0.3, 0.4) is 0 Å². The number of anilines is 2. The van der Waals surface area contributed by atoms with Crippen LogP contribution < -0.4 is 5.32 Å². The topological polar surface area (TPSA) is 58.0 Å². The predicted octanol–water partition coefficient (Wildman–Crippen LogP) is 5.42. The van der Waals surface area contributed by atoms with Crippen molar-refractivity contribution in [2.45, 2.75) is 13.8 Å². The van der Waals surface area contributed by atoms with Gasteiger partial charge in [0.2, 0.25) is 0 Å². The fraction of sp³-hybridized carbons (Fsp3) is 0.100. The van der Waals surface area contributed by atoms with Gasteiger partial charge in [0, 0.05) is 16.1 Å². The van der Waals surface area contributed by atoms with E-state index in [1.165, 1.54) is 16.0 Å². The SMILES string of the molecule is Cc1ccc(-c2c(C)sc3ncnc(Nc4ccc(O)cc4)c23)cc1. The van der Waals surface area contributed by atoms with E-state index in [9.17, 15) is 5.11 Å². The molecule has 4 rings (SSSR count). The Labute approximate surface area is 149 Å². The molecule has 2 N–H and O–H groups in total. The molecule has 25 heavy (non-hydrogen) atoms. The standard InChI is InChI=1S/C20H17N3OS/c1-12-3-5-14(6-4-12)17-13(2)25-20-18(17)19(21-11-22-20)23-15-7-9-16(24)10-8-15/h3-11,24H,1-2H3,(H,21,22,23). The molecule has 0 saturated carbocycles. The average Bonchev–Trinajstić information content (AvgIpc) is 2.95. The number of fused-ring (bicyclic) bond motifs is 1. The molecule has 0 bridgehead atoms. The lowest BCUT2D eigenvalue weighted by atomic mass is 10.0. The molecular formula is C20H17N3OS. The van der Waals surface area contributed by atoms with E-state index in [1.807, 2.05) is 12.1 Å². The Morgan fingerprint density at radius 1 is 0.920 bits per heavy atom. The van der Waals surface area contributed by atoms with Crippen LogP contribution in [0.2, 0.25) is 0 Å². The molecule has 2 aromatic heterocycles. The van der Waals surface area contributed by atoms with Crippen LogP contribution in [0.15, 0.2) is 54.9 Å². The van der Waals surface area contributed by atoms with E-state index in [0.29, 0.717) is 0 Å². The number of phenols is 1. The third kappa shape index (κ3) is 2.94. The van der Waals surface area contributed by atoms with Gasteiger partial charge in [0.25, 0.3) is 0 Å². The Bertz CT molecular complexity index is 1040. The largest absolute Gasteiger partial charge is 0.508 e. The van der Waals surface area contributed by atoms with E-state index < -0.39 is 0 Å². The van der Waals surface area contributed by atoms with Gasteiger partial charge in [-0.3, -0.25) is 0 Å². The minimum atomic E-state index is 0.241. The summed E-state index contributed by atoms with van der Waals surface area (Å²) in [7, 11) is 0. The van der Waals surface area contributed by atoms with Crippen molar-refractivity contribution in [3.8, 4) is 16.9 Å². The van der Waals surface area contributed by atoms with Crippen molar-refractivity contribution in [1.29, 1.82) is 0 Å². The highest BCUT2D eigenvalue weighted by Gasteiger charge is 2.16. The summed E-state index contributed by atoms with van der Waals surface area (Å²) in [6, 6.07) is 15.5. The first-order valence-corrected chi connectivity index (χ1v) is 8.80. The Morgan fingerprint density at radius 2 is 1.64 bits per heavy atom. The maximum Gasteiger partial charge on any atom is 0.143 e. The van der Waals surface area contributed by atoms with E-state index in [1.54, 1.807) is 29.8 Å². The van der Waals surface area contributed by atoms with Crippen molar-refractivity contribution < 1.29 is 5.11 Å². The average molecular weight is 347 g/mol. The highest BCUT2D eigenvalue weighted by Crippen LogP contribution is 2.41. The van der Waals surface area contributed by atoms with Gasteiger partial charge >= 0.3 is 0 Å². The smallest absolute Gasteiger partial charge is 0.143 e. The van der Waals surface area contributed by atoms with Crippen molar-refractivity contribution in [2.24, 2.45) is 0 Å². The number of nitrogens with one attached hydrogen (secondary N) is 1. The Balaban J connectivity index is 1.87. The summed E-state index contributed by atoms with van der Waals surface area (Å²) in [6.45, 7) is 4.20. The first kappa shape index (κ1) is 15.6. The van der Waals surface area contributed by atoms with Crippen molar-refractivity contribution in [3.63, 3.8) is 0 Å². The summed E-state index contributed by atoms with van der Waals surface area (Å²) in [4.78, 5) is 11.1. The van der Waals surface area contributed by atoms with Gasteiger partial charge in [-0.2, -0.15) is 0 Å². The summed E-state index contributed by atoms with van der Waals surface area (Å²) >= 11 is 1.67. The van der Waals surface area contributed by atoms with Crippen molar-refractivity contribution in [1.82, 2.24) is 9.97 Å². The molecule has 0 amide bonds. The molecule has 0 saturated heterocycles. The molecule has 0 radical (unpaired) electrons. The van der Waals surface area contributed by atoms with Gasteiger partial charge in [0.1, 0.15) is 22.7 Å². The first-order valence-electron chi connectivity index (χ1n) is 7.99. The fourth-order valence-electron chi connectivity index (χ4n) is 2.89. The lowest BCUT2D eigenvalue weighted by molar-refractivity contribution is 0.475. The van der Waals surface area contributed by atoms with E-state index in [4.69, 9.17) is 0 Å². The molecule has 0 unspecified atom stereocenters. The molecule has 0 spiro atoms. The predicted molar refractivity (Wildman–Crippen MR) is 104 cm³/mol. The second-order valence-corrected chi connectivity index (χ2v) is 7.18. The molecule has 2 aromatic carbocycles. The normalized spacial score (nSPS) is 11.0. The van der Waals surface area contributed by atoms with Crippen molar-refractivity contribution in [2.75, 3.05) is 5.32 Å². The summed E-state index contributed by atoms with van der Waals surface area (Å²) in [5.41, 5.74) is 4.44. The van der Waals surface area contributed by atoms with Crippen LogP contribution in [0.1, 0.15) is 10.4 Å². The minimum Gasteiger partial charge on any atom is -0.508 e. The van der Waals surface area contributed by atoms with E-state index >= 15 is 0 Å². The van der Waals surface area contributed by atoms with E-state index in [2.05, 4.69) is 53.4 Å². The molecule has 0 aliphatic heterocycles. The van der Waals surface area contributed by atoms with Gasteiger partial charge in [-0.1, -0.05) is 29.8 Å². The van der Waals surface area contributed by atoms with Gasteiger partial charge in [-0.15, -0.1) is 11.3 Å². The number of nitrogens with zero attached hydrogens (tertiary/aromatic N) is 2. The lowest BCUT2D eigenvalue weighted by Crippen LogP contribution is -1.95. The molecule has 4 nitrogen and oxygen atoms in total. The zero-order valence-electron chi connectivity index (χ0n) is 13.9. The number of hydrogen-bond acceptors (Lipinski definition) is 5. The monoisotopic (exact) mass is 347 g/mol. The quantitative estimate of drug-likeness (QED) is 0.486. The Kier molecular flexibility index (Phi) is 3.86. The Hall–Kier alpha value is -2.92. The van der Waals surface area contributed by atoms with E-state index in [0.717, 1.165) is 27.3 Å². The number of aryl methyl sites for hydroxylation is 2. The van der Waals surface area contributed by atoms with Gasteiger partial charge in [0.05, 0.1) is 5.39 Å². The number of rotatable bonds is 3. The first-order chi connectivity index (χ1) is 12.1. The van der Waals surface area contributed by atoms with Crippen molar-refractivity contribution >= 4 is 33.1 Å². The number of benzene rings is 2. The molecular weight excluding hydrogens is 330 g/mol. The molecule has 5 heteroatoms. The van der Waals surface area contributed by atoms with E-state index in [-0.39, 0.29) is 5.75 Å². The fourth-order valence-corrected chi connectivity index (χ4v) is 3.90.